The summed E-state index contributed by atoms with van der Waals surface area (Å²) in [5, 5.41) is 4.09. The Bertz CT molecular complexity index is 773. The summed E-state index contributed by atoms with van der Waals surface area (Å²) < 4.78 is 0.868. The molecule has 1 heterocycles. The van der Waals surface area contributed by atoms with Crippen LogP contribution in [-0.2, 0) is 0 Å². The molecular weight excluding hydrogens is 320 g/mol. The lowest BCUT2D eigenvalue weighted by molar-refractivity contribution is 0.104. The average molecular weight is 331 g/mol. The van der Waals surface area contributed by atoms with Crippen molar-refractivity contribution >= 4 is 43.8 Å². The second kappa shape index (κ2) is 4.91. The molecule has 1 aromatic heterocycles. The van der Waals surface area contributed by atoms with Crippen LogP contribution in [-0.4, -0.2) is 5.78 Å². The Labute approximate surface area is 124 Å². The first-order chi connectivity index (χ1) is 9.18. The molecule has 2 aromatic carbocycles. The molecule has 0 saturated heterocycles. The smallest absolute Gasteiger partial charge is 0.204 e. The van der Waals surface area contributed by atoms with Crippen LogP contribution >= 0.6 is 27.3 Å². The molecule has 0 bridgehead atoms. The summed E-state index contributed by atoms with van der Waals surface area (Å²) >= 11 is 4.90. The topological polar surface area (TPSA) is 17.1 Å². The normalized spacial score (nSPS) is 10.8. The summed E-state index contributed by atoms with van der Waals surface area (Å²) in [5.74, 6) is 0.0816. The van der Waals surface area contributed by atoms with Gasteiger partial charge in [0.25, 0.3) is 0 Å². The highest BCUT2D eigenvalue weighted by Crippen LogP contribution is 2.29. The zero-order valence-electron chi connectivity index (χ0n) is 10.3. The largest absolute Gasteiger partial charge is 0.288 e. The molecule has 0 amide bonds. The lowest BCUT2D eigenvalue weighted by Crippen LogP contribution is -2.01. The minimum atomic E-state index is 0.0816. The Morgan fingerprint density at radius 3 is 2.47 bits per heavy atom. The standard InChI is InChI=1S/C16H11BrOS/c1-10-6-7-13(12-5-3-2-4-11(10)12)15(18)16-14(17)8-9-19-16/h2-9H,1H3. The highest BCUT2D eigenvalue weighted by Gasteiger charge is 2.16. The van der Waals surface area contributed by atoms with Crippen molar-refractivity contribution in [3.63, 3.8) is 0 Å². The third-order valence-electron chi connectivity index (χ3n) is 3.21. The van der Waals surface area contributed by atoms with E-state index in [1.165, 1.54) is 16.9 Å². The van der Waals surface area contributed by atoms with E-state index in [4.69, 9.17) is 0 Å². The summed E-state index contributed by atoms with van der Waals surface area (Å²) in [4.78, 5) is 13.4. The molecule has 0 unspecified atom stereocenters. The van der Waals surface area contributed by atoms with E-state index in [0.29, 0.717) is 0 Å². The molecule has 3 aromatic rings. The molecule has 3 rings (SSSR count). The van der Waals surface area contributed by atoms with E-state index in [0.717, 1.165) is 25.7 Å². The van der Waals surface area contributed by atoms with Gasteiger partial charge in [-0.05, 0) is 50.6 Å². The number of carbonyl (C=O) groups excluding carboxylic acids is 1. The summed E-state index contributed by atoms with van der Waals surface area (Å²) in [5.41, 5.74) is 1.96. The molecule has 19 heavy (non-hydrogen) atoms. The molecule has 0 aliphatic rings. The van der Waals surface area contributed by atoms with Crippen LogP contribution < -0.4 is 0 Å². The minimum absolute atomic E-state index is 0.0816. The highest BCUT2D eigenvalue weighted by atomic mass is 79.9. The van der Waals surface area contributed by atoms with E-state index in [9.17, 15) is 4.79 Å². The summed E-state index contributed by atoms with van der Waals surface area (Å²) in [6, 6.07) is 13.9. The average Bonchev–Trinajstić information content (AvgIpc) is 2.85. The summed E-state index contributed by atoms with van der Waals surface area (Å²) in [7, 11) is 0. The maximum Gasteiger partial charge on any atom is 0.204 e. The van der Waals surface area contributed by atoms with Gasteiger partial charge in [-0.25, -0.2) is 0 Å². The second-order valence-electron chi connectivity index (χ2n) is 4.40. The van der Waals surface area contributed by atoms with Crippen molar-refractivity contribution < 1.29 is 4.79 Å². The highest BCUT2D eigenvalue weighted by molar-refractivity contribution is 9.10. The fourth-order valence-corrected chi connectivity index (χ4v) is 3.73. The van der Waals surface area contributed by atoms with Gasteiger partial charge >= 0.3 is 0 Å². The van der Waals surface area contributed by atoms with Gasteiger partial charge in [0.05, 0.1) is 4.88 Å². The van der Waals surface area contributed by atoms with Gasteiger partial charge in [0.1, 0.15) is 0 Å². The molecule has 0 saturated carbocycles. The van der Waals surface area contributed by atoms with Crippen molar-refractivity contribution in [1.29, 1.82) is 0 Å². The number of benzene rings is 2. The van der Waals surface area contributed by atoms with E-state index in [1.54, 1.807) is 0 Å². The van der Waals surface area contributed by atoms with E-state index < -0.39 is 0 Å². The lowest BCUT2D eigenvalue weighted by atomic mass is 9.97. The van der Waals surface area contributed by atoms with Gasteiger partial charge < -0.3 is 0 Å². The second-order valence-corrected chi connectivity index (χ2v) is 6.17. The molecule has 0 aliphatic heterocycles. The first kappa shape index (κ1) is 12.6. The fourth-order valence-electron chi connectivity index (χ4n) is 2.23. The number of thiophene rings is 1. The quantitative estimate of drug-likeness (QED) is 0.590. The number of ketones is 1. The van der Waals surface area contributed by atoms with E-state index >= 15 is 0 Å². The van der Waals surface area contributed by atoms with Crippen molar-refractivity contribution in [1.82, 2.24) is 0 Å². The Morgan fingerprint density at radius 1 is 1.05 bits per heavy atom. The lowest BCUT2D eigenvalue weighted by Gasteiger charge is -2.07. The number of rotatable bonds is 2. The predicted molar refractivity (Wildman–Crippen MR) is 84.1 cm³/mol. The van der Waals surface area contributed by atoms with Crippen LogP contribution in [0.15, 0.2) is 52.3 Å². The first-order valence-electron chi connectivity index (χ1n) is 5.94. The van der Waals surface area contributed by atoms with Crippen LogP contribution in [0.5, 0.6) is 0 Å². The monoisotopic (exact) mass is 330 g/mol. The Hall–Kier alpha value is -1.45. The molecular formula is C16H11BrOS. The van der Waals surface area contributed by atoms with E-state index in [2.05, 4.69) is 28.9 Å². The van der Waals surface area contributed by atoms with Crippen LogP contribution in [0.3, 0.4) is 0 Å². The predicted octanol–water partition coefficient (Wildman–Crippen LogP) is 5.20. The maximum atomic E-state index is 12.6. The Kier molecular flexibility index (Phi) is 3.25. The number of hydrogen-bond acceptors (Lipinski definition) is 2. The van der Waals surface area contributed by atoms with Crippen molar-refractivity contribution in [2.24, 2.45) is 0 Å². The first-order valence-corrected chi connectivity index (χ1v) is 7.62. The van der Waals surface area contributed by atoms with Crippen molar-refractivity contribution in [2.75, 3.05) is 0 Å². The fraction of sp³-hybridized carbons (Fsp3) is 0.0625. The molecule has 0 spiro atoms. The molecule has 0 atom stereocenters. The molecule has 0 radical (unpaired) electrons. The van der Waals surface area contributed by atoms with Gasteiger partial charge in [0.2, 0.25) is 5.78 Å². The molecule has 0 N–H and O–H groups in total. The number of hydrogen-bond donors (Lipinski definition) is 0. The molecule has 0 aliphatic carbocycles. The van der Waals surface area contributed by atoms with Crippen LogP contribution in [0.4, 0.5) is 0 Å². The minimum Gasteiger partial charge on any atom is -0.288 e. The number of carbonyl (C=O) groups is 1. The van der Waals surface area contributed by atoms with E-state index in [-0.39, 0.29) is 5.78 Å². The molecule has 0 fully saturated rings. The number of aryl methyl sites for hydroxylation is 1. The zero-order valence-corrected chi connectivity index (χ0v) is 12.7. The van der Waals surface area contributed by atoms with Crippen LogP contribution in [0, 0.1) is 6.92 Å². The van der Waals surface area contributed by atoms with Gasteiger partial charge in [-0.2, -0.15) is 0 Å². The maximum absolute atomic E-state index is 12.6. The summed E-state index contributed by atoms with van der Waals surface area (Å²) in [6.45, 7) is 2.07. The van der Waals surface area contributed by atoms with Crippen LogP contribution in [0.2, 0.25) is 0 Å². The third kappa shape index (κ3) is 2.13. The van der Waals surface area contributed by atoms with Crippen LogP contribution in [0.25, 0.3) is 10.8 Å². The number of halogens is 1. The van der Waals surface area contributed by atoms with Gasteiger partial charge in [-0.1, -0.05) is 36.4 Å². The number of fused-ring (bicyclic) bond motifs is 1. The molecule has 94 valence electrons. The SMILES string of the molecule is Cc1ccc(C(=O)c2sccc2Br)c2ccccc12. The molecule has 3 heteroatoms. The van der Waals surface area contributed by atoms with Crippen molar-refractivity contribution in [3.8, 4) is 0 Å². The van der Waals surface area contributed by atoms with Crippen LogP contribution in [0.1, 0.15) is 20.8 Å². The molecule has 1 nitrogen and oxygen atoms in total. The zero-order chi connectivity index (χ0) is 13.4. The van der Waals surface area contributed by atoms with Crippen molar-refractivity contribution in [3.05, 3.63) is 68.3 Å². The summed E-state index contributed by atoms with van der Waals surface area (Å²) in [6.07, 6.45) is 0. The van der Waals surface area contributed by atoms with Gasteiger partial charge in [0, 0.05) is 10.0 Å². The Morgan fingerprint density at radius 2 is 1.79 bits per heavy atom. The van der Waals surface area contributed by atoms with Gasteiger partial charge in [-0.3, -0.25) is 4.79 Å². The van der Waals surface area contributed by atoms with Gasteiger partial charge in [-0.15, -0.1) is 11.3 Å². The van der Waals surface area contributed by atoms with E-state index in [1.807, 2.05) is 41.8 Å². The Balaban J connectivity index is 2.24. The van der Waals surface area contributed by atoms with Crippen molar-refractivity contribution in [2.45, 2.75) is 6.92 Å². The third-order valence-corrected chi connectivity index (χ3v) is 5.05. The van der Waals surface area contributed by atoms with Gasteiger partial charge in [0.15, 0.2) is 0 Å².